The van der Waals surface area contributed by atoms with Crippen LogP contribution < -0.4 is 4.90 Å². The normalized spacial score (nSPS) is 15.0. The first-order valence-electron chi connectivity index (χ1n) is 9.86. The Labute approximate surface area is 178 Å². The Hall–Kier alpha value is -2.13. The van der Waals surface area contributed by atoms with E-state index in [1.165, 1.54) is 11.3 Å². The number of aryl methyl sites for hydroxylation is 2. The first-order valence-corrected chi connectivity index (χ1v) is 11.1. The van der Waals surface area contributed by atoms with Gasteiger partial charge in [-0.25, -0.2) is 14.8 Å². The minimum atomic E-state index is -0.940. The standard InChI is InChI=1S/C19H26ClN5O3S/c1-4-8-25(17(26)16-22-13(5-2)15(20)23-16)12-6-9-24(10-7-12)19-21-11(3)14(29-19)18(27)28/h12H,4-10H2,1-3H3,(H,22,23)(H,27,28). The number of carboxylic acid groups (broad SMARTS) is 1. The van der Waals surface area contributed by atoms with Gasteiger partial charge in [-0.3, -0.25) is 4.79 Å². The number of nitrogens with zero attached hydrogens (tertiary/aromatic N) is 4. The van der Waals surface area contributed by atoms with Crippen molar-refractivity contribution in [2.24, 2.45) is 0 Å². The predicted molar refractivity (Wildman–Crippen MR) is 113 cm³/mol. The first kappa shape index (κ1) is 21.6. The molecule has 3 rings (SSSR count). The molecule has 0 spiro atoms. The van der Waals surface area contributed by atoms with Gasteiger partial charge < -0.3 is 19.9 Å². The van der Waals surface area contributed by atoms with Crippen molar-refractivity contribution in [1.82, 2.24) is 19.9 Å². The highest BCUT2D eigenvalue weighted by atomic mass is 35.5. The van der Waals surface area contributed by atoms with Crippen LogP contribution in [-0.2, 0) is 6.42 Å². The molecular formula is C19H26ClN5O3S. The zero-order chi connectivity index (χ0) is 21.1. The fourth-order valence-electron chi connectivity index (χ4n) is 3.64. The second kappa shape index (κ2) is 9.13. The molecule has 0 radical (unpaired) electrons. The summed E-state index contributed by atoms with van der Waals surface area (Å²) in [5.41, 5.74) is 1.32. The first-order chi connectivity index (χ1) is 13.8. The van der Waals surface area contributed by atoms with E-state index in [9.17, 15) is 14.7 Å². The number of aromatic amines is 1. The maximum atomic E-state index is 13.1. The number of aromatic carboxylic acids is 1. The Morgan fingerprint density at radius 1 is 1.31 bits per heavy atom. The molecule has 1 fully saturated rings. The molecule has 3 heterocycles. The third kappa shape index (κ3) is 4.56. The van der Waals surface area contributed by atoms with Crippen LogP contribution >= 0.6 is 22.9 Å². The van der Waals surface area contributed by atoms with Gasteiger partial charge >= 0.3 is 5.97 Å². The average Bonchev–Trinajstić information content (AvgIpc) is 3.28. The van der Waals surface area contributed by atoms with Crippen molar-refractivity contribution in [3.8, 4) is 0 Å². The van der Waals surface area contributed by atoms with Gasteiger partial charge in [0.05, 0.1) is 11.4 Å². The third-order valence-corrected chi connectivity index (χ3v) is 6.68. The molecule has 1 saturated heterocycles. The number of imidazole rings is 1. The molecule has 2 N–H and O–H groups in total. The van der Waals surface area contributed by atoms with Crippen molar-refractivity contribution in [2.45, 2.75) is 52.5 Å². The number of hydrogen-bond donors (Lipinski definition) is 2. The SMILES string of the molecule is CCCN(C(=O)c1nc(Cl)c(CC)[nH]1)C1CCN(c2nc(C)c(C(=O)O)s2)CC1. The quantitative estimate of drug-likeness (QED) is 0.683. The fraction of sp³-hybridized carbons (Fsp3) is 0.579. The number of carbonyl (C=O) groups excluding carboxylic acids is 1. The summed E-state index contributed by atoms with van der Waals surface area (Å²) in [5.74, 6) is -0.765. The van der Waals surface area contributed by atoms with Gasteiger partial charge in [-0.15, -0.1) is 0 Å². The maximum absolute atomic E-state index is 13.1. The monoisotopic (exact) mass is 439 g/mol. The van der Waals surface area contributed by atoms with E-state index in [4.69, 9.17) is 11.6 Å². The minimum Gasteiger partial charge on any atom is -0.477 e. The molecule has 8 nitrogen and oxygen atoms in total. The summed E-state index contributed by atoms with van der Waals surface area (Å²) in [6.07, 6.45) is 3.13. The number of hydrogen-bond acceptors (Lipinski definition) is 6. The zero-order valence-electron chi connectivity index (χ0n) is 16.9. The minimum absolute atomic E-state index is 0.104. The average molecular weight is 440 g/mol. The Morgan fingerprint density at radius 3 is 2.52 bits per heavy atom. The number of aromatic nitrogens is 3. The molecule has 0 saturated carbocycles. The highest BCUT2D eigenvalue weighted by molar-refractivity contribution is 7.17. The number of H-pyrrole nitrogens is 1. The van der Waals surface area contributed by atoms with Crippen molar-refractivity contribution >= 4 is 39.9 Å². The second-order valence-corrected chi connectivity index (χ2v) is 8.48. The lowest BCUT2D eigenvalue weighted by molar-refractivity contribution is 0.0637. The summed E-state index contributed by atoms with van der Waals surface area (Å²) in [7, 11) is 0. The maximum Gasteiger partial charge on any atom is 0.347 e. The van der Waals surface area contributed by atoms with Gasteiger partial charge in [-0.05, 0) is 32.6 Å². The molecule has 2 aromatic rings. The number of halogens is 1. The molecule has 1 aliphatic heterocycles. The smallest absolute Gasteiger partial charge is 0.347 e. The second-order valence-electron chi connectivity index (χ2n) is 7.14. The van der Waals surface area contributed by atoms with E-state index in [0.29, 0.717) is 29.6 Å². The summed E-state index contributed by atoms with van der Waals surface area (Å²) in [5, 5.41) is 10.3. The van der Waals surface area contributed by atoms with Crippen LogP contribution in [-0.4, -0.2) is 62.5 Å². The van der Waals surface area contributed by atoms with E-state index < -0.39 is 5.97 Å². The molecule has 10 heteroatoms. The molecule has 0 atom stereocenters. The lowest BCUT2D eigenvalue weighted by atomic mass is 10.0. The van der Waals surface area contributed by atoms with E-state index >= 15 is 0 Å². The van der Waals surface area contributed by atoms with Crippen molar-refractivity contribution in [3.05, 3.63) is 27.2 Å². The summed E-state index contributed by atoms with van der Waals surface area (Å²) >= 11 is 7.32. The predicted octanol–water partition coefficient (Wildman–Crippen LogP) is 3.61. The topological polar surface area (TPSA) is 102 Å². The van der Waals surface area contributed by atoms with Crippen LogP contribution in [0.15, 0.2) is 0 Å². The van der Waals surface area contributed by atoms with Gasteiger partial charge in [0, 0.05) is 25.7 Å². The van der Waals surface area contributed by atoms with E-state index in [-0.39, 0.29) is 16.8 Å². The van der Waals surface area contributed by atoms with Crippen LogP contribution in [0, 0.1) is 6.92 Å². The molecule has 158 valence electrons. The van der Waals surface area contributed by atoms with E-state index in [1.807, 2.05) is 18.7 Å². The number of piperidine rings is 1. The molecule has 1 aliphatic rings. The van der Waals surface area contributed by atoms with Crippen molar-refractivity contribution in [1.29, 1.82) is 0 Å². The number of carbonyl (C=O) groups is 2. The van der Waals surface area contributed by atoms with Crippen LogP contribution in [0.1, 0.15) is 64.8 Å². The van der Waals surface area contributed by atoms with Gasteiger partial charge in [-0.1, -0.05) is 36.8 Å². The number of thiazole rings is 1. The highest BCUT2D eigenvalue weighted by Gasteiger charge is 2.31. The van der Waals surface area contributed by atoms with Crippen LogP contribution in [0.4, 0.5) is 5.13 Å². The van der Waals surface area contributed by atoms with E-state index in [1.54, 1.807) is 6.92 Å². The highest BCUT2D eigenvalue weighted by Crippen LogP contribution is 2.30. The number of rotatable bonds is 7. The molecule has 2 aromatic heterocycles. The summed E-state index contributed by atoms with van der Waals surface area (Å²) in [6, 6.07) is 0.104. The molecule has 1 amide bonds. The number of anilines is 1. The molecule has 0 aromatic carbocycles. The Bertz CT molecular complexity index is 889. The van der Waals surface area contributed by atoms with Crippen LogP contribution in [0.25, 0.3) is 0 Å². The van der Waals surface area contributed by atoms with Crippen molar-refractivity contribution in [2.75, 3.05) is 24.5 Å². The Balaban J connectivity index is 1.70. The van der Waals surface area contributed by atoms with Gasteiger partial charge in [0.15, 0.2) is 16.1 Å². The number of amides is 1. The Kier molecular flexibility index (Phi) is 6.79. The molecule has 0 aliphatic carbocycles. The van der Waals surface area contributed by atoms with Crippen LogP contribution in [0.5, 0.6) is 0 Å². The van der Waals surface area contributed by atoms with Gasteiger partial charge in [0.2, 0.25) is 0 Å². The largest absolute Gasteiger partial charge is 0.477 e. The van der Waals surface area contributed by atoms with Gasteiger partial charge in [-0.2, -0.15) is 0 Å². The summed E-state index contributed by atoms with van der Waals surface area (Å²) in [4.78, 5) is 40.3. The molecular weight excluding hydrogens is 414 g/mol. The van der Waals surface area contributed by atoms with Crippen LogP contribution in [0.2, 0.25) is 5.15 Å². The van der Waals surface area contributed by atoms with Gasteiger partial charge in [0.25, 0.3) is 5.91 Å². The molecule has 0 bridgehead atoms. The van der Waals surface area contributed by atoms with Crippen molar-refractivity contribution < 1.29 is 14.7 Å². The van der Waals surface area contributed by atoms with E-state index in [0.717, 1.165) is 43.2 Å². The third-order valence-electron chi connectivity index (χ3n) is 5.17. The zero-order valence-corrected chi connectivity index (χ0v) is 18.4. The number of nitrogens with one attached hydrogen (secondary N) is 1. The summed E-state index contributed by atoms with van der Waals surface area (Å²) in [6.45, 7) is 7.84. The van der Waals surface area contributed by atoms with Crippen LogP contribution in [0.3, 0.4) is 0 Å². The molecule has 0 unspecified atom stereocenters. The van der Waals surface area contributed by atoms with Crippen molar-refractivity contribution in [3.63, 3.8) is 0 Å². The lowest BCUT2D eigenvalue weighted by Crippen LogP contribution is -2.48. The number of carboxylic acids is 1. The summed E-state index contributed by atoms with van der Waals surface area (Å²) < 4.78 is 0. The molecule has 29 heavy (non-hydrogen) atoms. The van der Waals surface area contributed by atoms with E-state index in [2.05, 4.69) is 19.9 Å². The lowest BCUT2D eigenvalue weighted by Gasteiger charge is -2.38. The van der Waals surface area contributed by atoms with Gasteiger partial charge in [0.1, 0.15) is 4.88 Å². The Morgan fingerprint density at radius 2 is 2.00 bits per heavy atom. The fourth-order valence-corrected chi connectivity index (χ4v) is 4.86.